The van der Waals surface area contributed by atoms with Gasteiger partial charge in [-0.3, -0.25) is 4.40 Å². The Morgan fingerprint density at radius 1 is 1.15 bits per heavy atom. The third-order valence-corrected chi connectivity index (χ3v) is 4.08. The Labute approximate surface area is 122 Å². The number of rotatable bonds is 2. The molecule has 2 aromatic heterocycles. The molecule has 1 aliphatic rings. The standard InChI is InChI=1S/C16H14ClN3/c17-11-7-8-14-19-15(16(18)20(14)9-11)13-4-2-1-3-12(13)10-5-6-10/h1-4,7-10H,5-6,18H2. The predicted molar refractivity (Wildman–Crippen MR) is 82.0 cm³/mol. The molecule has 2 heterocycles. The van der Waals surface area contributed by atoms with Crippen LogP contribution in [-0.2, 0) is 0 Å². The van der Waals surface area contributed by atoms with Gasteiger partial charge in [-0.05, 0) is 36.5 Å². The summed E-state index contributed by atoms with van der Waals surface area (Å²) in [7, 11) is 0. The molecule has 3 nitrogen and oxygen atoms in total. The zero-order valence-electron chi connectivity index (χ0n) is 10.9. The molecule has 1 aromatic carbocycles. The molecule has 0 saturated heterocycles. The summed E-state index contributed by atoms with van der Waals surface area (Å²) in [5, 5.41) is 0.656. The first-order chi connectivity index (χ1) is 9.74. The number of hydrogen-bond acceptors (Lipinski definition) is 2. The summed E-state index contributed by atoms with van der Waals surface area (Å²) in [5.41, 5.74) is 10.5. The van der Waals surface area contributed by atoms with Gasteiger partial charge in [0.05, 0.1) is 5.02 Å². The molecule has 1 aliphatic carbocycles. The number of nitrogen functional groups attached to an aromatic ring is 1. The fourth-order valence-electron chi connectivity index (χ4n) is 2.70. The molecule has 4 heteroatoms. The number of halogens is 1. The number of anilines is 1. The second kappa shape index (κ2) is 4.25. The second-order valence-corrected chi connectivity index (χ2v) is 5.72. The first-order valence-electron chi connectivity index (χ1n) is 6.76. The average Bonchev–Trinajstić information content (AvgIpc) is 3.25. The highest BCUT2D eigenvalue weighted by Gasteiger charge is 2.27. The predicted octanol–water partition coefficient (Wildman–Crippen LogP) is 4.11. The normalized spacial score (nSPS) is 14.8. The Morgan fingerprint density at radius 3 is 2.75 bits per heavy atom. The van der Waals surface area contributed by atoms with Crippen LogP contribution in [0.15, 0.2) is 42.6 Å². The van der Waals surface area contributed by atoms with E-state index in [0.717, 1.165) is 16.9 Å². The van der Waals surface area contributed by atoms with Gasteiger partial charge in [-0.2, -0.15) is 0 Å². The second-order valence-electron chi connectivity index (χ2n) is 5.28. The topological polar surface area (TPSA) is 43.3 Å². The average molecular weight is 284 g/mol. The zero-order chi connectivity index (χ0) is 13.7. The Hall–Kier alpha value is -2.00. The van der Waals surface area contributed by atoms with E-state index in [1.807, 2.05) is 28.8 Å². The maximum absolute atomic E-state index is 6.27. The lowest BCUT2D eigenvalue weighted by atomic mass is 10.0. The third-order valence-electron chi connectivity index (χ3n) is 3.85. The lowest BCUT2D eigenvalue weighted by molar-refractivity contribution is 1.13. The maximum Gasteiger partial charge on any atom is 0.139 e. The monoisotopic (exact) mass is 283 g/mol. The molecule has 3 aromatic rings. The van der Waals surface area contributed by atoms with E-state index in [2.05, 4.69) is 23.2 Å². The summed E-state index contributed by atoms with van der Waals surface area (Å²) in [6, 6.07) is 12.1. The molecule has 100 valence electrons. The highest BCUT2D eigenvalue weighted by Crippen LogP contribution is 2.45. The Bertz CT molecular complexity index is 803. The van der Waals surface area contributed by atoms with Gasteiger partial charge in [0.25, 0.3) is 0 Å². The molecule has 0 aliphatic heterocycles. The minimum atomic E-state index is 0.649. The van der Waals surface area contributed by atoms with E-state index in [4.69, 9.17) is 17.3 Å². The van der Waals surface area contributed by atoms with Crippen molar-refractivity contribution in [1.82, 2.24) is 9.38 Å². The quantitative estimate of drug-likeness (QED) is 0.769. The van der Waals surface area contributed by atoms with Crippen LogP contribution in [0.1, 0.15) is 24.3 Å². The van der Waals surface area contributed by atoms with E-state index in [0.29, 0.717) is 16.8 Å². The number of nitrogens with two attached hydrogens (primary N) is 1. The van der Waals surface area contributed by atoms with Crippen LogP contribution in [0.4, 0.5) is 5.82 Å². The number of benzene rings is 1. The van der Waals surface area contributed by atoms with E-state index in [1.54, 1.807) is 0 Å². The van der Waals surface area contributed by atoms with Crippen LogP contribution in [0.3, 0.4) is 0 Å². The van der Waals surface area contributed by atoms with E-state index >= 15 is 0 Å². The molecule has 0 amide bonds. The van der Waals surface area contributed by atoms with Crippen LogP contribution < -0.4 is 5.73 Å². The Morgan fingerprint density at radius 2 is 1.95 bits per heavy atom. The Kier molecular flexibility index (Phi) is 2.51. The molecular formula is C16H14ClN3. The smallest absolute Gasteiger partial charge is 0.139 e. The summed E-state index contributed by atoms with van der Waals surface area (Å²) >= 11 is 6.03. The molecule has 0 spiro atoms. The molecule has 1 fully saturated rings. The number of aromatic nitrogens is 2. The zero-order valence-corrected chi connectivity index (χ0v) is 11.6. The highest BCUT2D eigenvalue weighted by atomic mass is 35.5. The van der Waals surface area contributed by atoms with Crippen molar-refractivity contribution in [1.29, 1.82) is 0 Å². The molecule has 20 heavy (non-hydrogen) atoms. The van der Waals surface area contributed by atoms with Gasteiger partial charge in [0.15, 0.2) is 0 Å². The molecule has 0 radical (unpaired) electrons. The molecule has 0 atom stereocenters. The van der Waals surface area contributed by atoms with Gasteiger partial charge in [-0.25, -0.2) is 4.98 Å². The van der Waals surface area contributed by atoms with E-state index in [1.165, 1.54) is 18.4 Å². The van der Waals surface area contributed by atoms with E-state index in [-0.39, 0.29) is 0 Å². The summed E-state index contributed by atoms with van der Waals surface area (Å²) in [6.07, 6.45) is 4.33. The summed E-state index contributed by atoms with van der Waals surface area (Å²) < 4.78 is 1.85. The molecule has 0 unspecified atom stereocenters. The number of hydrogen-bond donors (Lipinski definition) is 1. The van der Waals surface area contributed by atoms with Crippen LogP contribution in [0.5, 0.6) is 0 Å². The van der Waals surface area contributed by atoms with E-state index < -0.39 is 0 Å². The van der Waals surface area contributed by atoms with E-state index in [9.17, 15) is 0 Å². The molecule has 0 bridgehead atoms. The SMILES string of the molecule is Nc1c(-c2ccccc2C2CC2)nc2ccc(Cl)cn12. The number of pyridine rings is 1. The van der Waals surface area contributed by atoms with Crippen molar-refractivity contribution in [3.05, 3.63) is 53.2 Å². The molecule has 4 rings (SSSR count). The first kappa shape index (κ1) is 11.8. The number of nitrogens with zero attached hydrogens (tertiary/aromatic N) is 2. The maximum atomic E-state index is 6.27. The number of imidazole rings is 1. The fraction of sp³-hybridized carbons (Fsp3) is 0.188. The largest absolute Gasteiger partial charge is 0.383 e. The van der Waals surface area contributed by atoms with Crippen molar-refractivity contribution in [3.63, 3.8) is 0 Å². The fourth-order valence-corrected chi connectivity index (χ4v) is 2.86. The first-order valence-corrected chi connectivity index (χ1v) is 7.14. The minimum absolute atomic E-state index is 0.649. The van der Waals surface area contributed by atoms with Crippen molar-refractivity contribution < 1.29 is 0 Å². The Balaban J connectivity index is 1.96. The van der Waals surface area contributed by atoms with Gasteiger partial charge < -0.3 is 5.73 Å². The van der Waals surface area contributed by atoms with Crippen molar-refractivity contribution in [2.24, 2.45) is 0 Å². The summed E-state index contributed by atoms with van der Waals surface area (Å²) in [5.74, 6) is 1.31. The highest BCUT2D eigenvalue weighted by molar-refractivity contribution is 6.30. The lowest BCUT2D eigenvalue weighted by Crippen LogP contribution is -1.95. The van der Waals surface area contributed by atoms with Crippen LogP contribution in [0.25, 0.3) is 16.9 Å². The molecular weight excluding hydrogens is 270 g/mol. The van der Waals surface area contributed by atoms with Crippen molar-refractivity contribution in [2.45, 2.75) is 18.8 Å². The van der Waals surface area contributed by atoms with Crippen LogP contribution in [-0.4, -0.2) is 9.38 Å². The molecule has 2 N–H and O–H groups in total. The van der Waals surface area contributed by atoms with Gasteiger partial charge in [0, 0.05) is 11.8 Å². The number of fused-ring (bicyclic) bond motifs is 1. The van der Waals surface area contributed by atoms with Gasteiger partial charge in [0.2, 0.25) is 0 Å². The van der Waals surface area contributed by atoms with Crippen LogP contribution in [0, 0.1) is 0 Å². The summed E-state index contributed by atoms with van der Waals surface area (Å²) in [4.78, 5) is 4.67. The van der Waals surface area contributed by atoms with Crippen molar-refractivity contribution in [3.8, 4) is 11.3 Å². The van der Waals surface area contributed by atoms with Gasteiger partial charge in [-0.1, -0.05) is 35.9 Å². The lowest BCUT2D eigenvalue weighted by Gasteiger charge is -2.06. The van der Waals surface area contributed by atoms with Gasteiger partial charge in [-0.15, -0.1) is 0 Å². The third kappa shape index (κ3) is 1.78. The van der Waals surface area contributed by atoms with Crippen LogP contribution >= 0.6 is 11.6 Å². The molecule has 1 saturated carbocycles. The summed E-state index contributed by atoms with van der Waals surface area (Å²) in [6.45, 7) is 0. The van der Waals surface area contributed by atoms with Gasteiger partial charge >= 0.3 is 0 Å². The minimum Gasteiger partial charge on any atom is -0.383 e. The van der Waals surface area contributed by atoms with Crippen molar-refractivity contribution >= 4 is 23.1 Å². The van der Waals surface area contributed by atoms with Gasteiger partial charge in [0.1, 0.15) is 17.2 Å². The van der Waals surface area contributed by atoms with Crippen LogP contribution in [0.2, 0.25) is 5.02 Å². The van der Waals surface area contributed by atoms with Crippen molar-refractivity contribution in [2.75, 3.05) is 5.73 Å².